The Bertz CT molecular complexity index is 273. The lowest BCUT2D eigenvalue weighted by Gasteiger charge is -2.07. The van der Waals surface area contributed by atoms with Crippen LogP contribution < -0.4 is 0 Å². The molecule has 0 nitrogen and oxygen atoms in total. The molecule has 66 valence electrons. The zero-order valence-corrected chi connectivity index (χ0v) is 11.1. The van der Waals surface area contributed by atoms with Crippen molar-refractivity contribution in [1.82, 2.24) is 0 Å². The first-order valence-electron chi connectivity index (χ1n) is 3.67. The Balaban J connectivity index is 3.21. The van der Waals surface area contributed by atoms with Gasteiger partial charge in [0, 0.05) is 10.2 Å². The Kier molecular flexibility index (Phi) is 3.47. The topological polar surface area (TPSA) is 0 Å². The van der Waals surface area contributed by atoms with Crippen LogP contribution in [0.5, 0.6) is 0 Å². The Morgan fingerprint density at radius 3 is 1.92 bits per heavy atom. The fraction of sp³-hybridized carbons (Fsp3) is 0.250. The zero-order chi connectivity index (χ0) is 9.30. The monoisotopic (exact) mass is 238 g/mol. The second-order valence-electron chi connectivity index (χ2n) is 2.95. The molecule has 12 heavy (non-hydrogen) atoms. The molecule has 0 aromatic heterocycles. The molecule has 0 amide bonds. The molecular weight excluding hydrogens is 231 g/mol. The first-order chi connectivity index (χ1) is 5.52. The summed E-state index contributed by atoms with van der Waals surface area (Å²) in [5, 5.41) is 1.54. The molecule has 0 fully saturated rings. The molecule has 0 saturated carbocycles. The molecule has 0 bridgehead atoms. The number of rotatable bonds is 1. The minimum absolute atomic E-state index is 0.449. The smallest absolute Gasteiger partial charge is 0.0778 e. The van der Waals surface area contributed by atoms with Crippen molar-refractivity contribution >= 4 is 45.0 Å². The summed E-state index contributed by atoms with van der Waals surface area (Å²) in [5.41, 5.74) is 1.72. The maximum absolute atomic E-state index is 5.86. The van der Waals surface area contributed by atoms with E-state index in [1.807, 2.05) is 12.1 Å². The van der Waals surface area contributed by atoms with Gasteiger partial charge >= 0.3 is 0 Å². The summed E-state index contributed by atoms with van der Waals surface area (Å²) in [6.07, 6.45) is 0. The molecular formula is C8H9Cl3Si. The molecule has 1 unspecified atom stereocenters. The lowest BCUT2D eigenvalue weighted by Crippen LogP contribution is -1.91. The van der Waals surface area contributed by atoms with Crippen LogP contribution in [0.3, 0.4) is 0 Å². The minimum atomic E-state index is 0.449. The van der Waals surface area contributed by atoms with Gasteiger partial charge in [0.05, 0.1) is 15.1 Å². The van der Waals surface area contributed by atoms with Gasteiger partial charge in [-0.1, -0.05) is 41.7 Å². The van der Waals surface area contributed by atoms with Gasteiger partial charge in [-0.3, -0.25) is 0 Å². The van der Waals surface area contributed by atoms with Crippen LogP contribution in [-0.2, 0) is 0 Å². The fourth-order valence-electron chi connectivity index (χ4n) is 0.908. The van der Waals surface area contributed by atoms with E-state index in [0.717, 1.165) is 10.2 Å². The van der Waals surface area contributed by atoms with E-state index in [4.69, 9.17) is 34.8 Å². The molecule has 1 aromatic carbocycles. The van der Waals surface area contributed by atoms with Crippen LogP contribution in [0.15, 0.2) is 12.1 Å². The second kappa shape index (κ2) is 4.01. The normalized spacial score (nSPS) is 13.3. The third-order valence-corrected chi connectivity index (χ3v) is 3.54. The van der Waals surface area contributed by atoms with E-state index in [1.54, 1.807) is 0 Å². The van der Waals surface area contributed by atoms with Gasteiger partial charge in [-0.25, -0.2) is 0 Å². The lowest BCUT2D eigenvalue weighted by atomic mass is 10.2. The highest BCUT2D eigenvalue weighted by molar-refractivity contribution is 6.48. The van der Waals surface area contributed by atoms with Crippen LogP contribution in [0.1, 0.15) is 18.0 Å². The van der Waals surface area contributed by atoms with Gasteiger partial charge < -0.3 is 0 Å². The average molecular weight is 240 g/mol. The van der Waals surface area contributed by atoms with E-state index in [2.05, 4.69) is 6.92 Å². The largest absolute Gasteiger partial charge is 0.0826 e. The first-order valence-corrected chi connectivity index (χ1v) is 5.95. The molecule has 1 atom stereocenters. The van der Waals surface area contributed by atoms with Crippen LogP contribution >= 0.6 is 34.8 Å². The summed E-state index contributed by atoms with van der Waals surface area (Å²) >= 11 is 17.5. The molecule has 1 rings (SSSR count). The summed E-state index contributed by atoms with van der Waals surface area (Å²) in [4.78, 5) is 0. The zero-order valence-electron chi connectivity index (χ0n) is 6.87. The third kappa shape index (κ3) is 2.16. The highest BCUT2D eigenvalue weighted by atomic mass is 35.5. The third-order valence-electron chi connectivity index (χ3n) is 1.67. The van der Waals surface area contributed by atoms with Gasteiger partial charge in [0.15, 0.2) is 0 Å². The van der Waals surface area contributed by atoms with Crippen LogP contribution in [0.2, 0.25) is 15.1 Å². The second-order valence-corrected chi connectivity index (χ2v) is 5.88. The quantitative estimate of drug-likeness (QED) is 0.522. The van der Waals surface area contributed by atoms with E-state index in [9.17, 15) is 0 Å². The number of benzene rings is 1. The summed E-state index contributed by atoms with van der Waals surface area (Å²) in [5.74, 6) is 0. The van der Waals surface area contributed by atoms with Crippen molar-refractivity contribution in [1.29, 1.82) is 0 Å². The fourth-order valence-corrected chi connectivity index (χ4v) is 1.85. The van der Waals surface area contributed by atoms with E-state index in [1.165, 1.54) is 5.56 Å². The van der Waals surface area contributed by atoms with Crippen molar-refractivity contribution in [3.8, 4) is 0 Å². The summed E-state index contributed by atoms with van der Waals surface area (Å²) < 4.78 is 0. The minimum Gasteiger partial charge on any atom is -0.0826 e. The molecule has 0 N–H and O–H groups in total. The van der Waals surface area contributed by atoms with Crippen molar-refractivity contribution < 1.29 is 0 Å². The van der Waals surface area contributed by atoms with E-state index in [-0.39, 0.29) is 0 Å². The summed E-state index contributed by atoms with van der Waals surface area (Å²) in [7, 11) is 1.09. The van der Waals surface area contributed by atoms with Gasteiger partial charge in [-0.05, 0) is 23.2 Å². The van der Waals surface area contributed by atoms with Gasteiger partial charge in [-0.2, -0.15) is 0 Å². The van der Waals surface area contributed by atoms with Crippen LogP contribution in [0, 0.1) is 0 Å². The van der Waals surface area contributed by atoms with Gasteiger partial charge in [-0.15, -0.1) is 0 Å². The summed E-state index contributed by atoms with van der Waals surface area (Å²) in [6.45, 7) is 2.14. The Hall–Kier alpha value is 0.307. The number of hydrogen-bond donors (Lipinski definition) is 0. The molecule has 0 aliphatic rings. The average Bonchev–Trinajstić information content (AvgIpc) is 1.99. The van der Waals surface area contributed by atoms with E-state index in [0.29, 0.717) is 20.6 Å². The number of hydrogen-bond acceptors (Lipinski definition) is 0. The molecule has 0 saturated heterocycles. The predicted molar refractivity (Wildman–Crippen MR) is 59.8 cm³/mol. The first kappa shape index (κ1) is 10.4. The highest BCUT2D eigenvalue weighted by Gasteiger charge is 2.07. The molecule has 0 spiro atoms. The van der Waals surface area contributed by atoms with Crippen LogP contribution in [0.25, 0.3) is 0 Å². The predicted octanol–water partition coefficient (Wildman–Crippen LogP) is 3.07. The van der Waals surface area contributed by atoms with Gasteiger partial charge in [0.2, 0.25) is 0 Å². The van der Waals surface area contributed by atoms with Crippen molar-refractivity contribution in [2.24, 2.45) is 0 Å². The van der Waals surface area contributed by atoms with Crippen molar-refractivity contribution in [3.63, 3.8) is 0 Å². The van der Waals surface area contributed by atoms with Crippen molar-refractivity contribution in [2.45, 2.75) is 12.5 Å². The van der Waals surface area contributed by atoms with Crippen LogP contribution in [-0.4, -0.2) is 10.2 Å². The lowest BCUT2D eigenvalue weighted by molar-refractivity contribution is 1.08. The van der Waals surface area contributed by atoms with Gasteiger partial charge in [0.25, 0.3) is 0 Å². The molecule has 1 aromatic rings. The standard InChI is InChI=1S/C8H9Cl3Si/c1-4(12)5-2-6(9)8(11)7(10)3-5/h2-4H,1,12H3. The highest BCUT2D eigenvalue weighted by Crippen LogP contribution is 2.32. The van der Waals surface area contributed by atoms with E-state index >= 15 is 0 Å². The van der Waals surface area contributed by atoms with Crippen molar-refractivity contribution in [3.05, 3.63) is 32.8 Å². The maximum Gasteiger partial charge on any atom is 0.0778 e. The molecule has 0 radical (unpaired) electrons. The van der Waals surface area contributed by atoms with Gasteiger partial charge in [0.1, 0.15) is 0 Å². The van der Waals surface area contributed by atoms with Crippen molar-refractivity contribution in [2.75, 3.05) is 0 Å². The number of halogens is 3. The van der Waals surface area contributed by atoms with Crippen LogP contribution in [0.4, 0.5) is 0 Å². The van der Waals surface area contributed by atoms with E-state index < -0.39 is 0 Å². The molecule has 4 heteroatoms. The Labute approximate surface area is 90.2 Å². The maximum atomic E-state index is 5.86. The Morgan fingerprint density at radius 2 is 1.58 bits per heavy atom. The molecule has 0 aliphatic carbocycles. The summed E-state index contributed by atoms with van der Waals surface area (Å²) in [6, 6.07) is 3.76. The Morgan fingerprint density at radius 1 is 1.17 bits per heavy atom. The SMILES string of the molecule is CC([SiH3])c1cc(Cl)c(Cl)c(Cl)c1. The molecule has 0 heterocycles. The molecule has 0 aliphatic heterocycles.